The van der Waals surface area contributed by atoms with Crippen LogP contribution in [-0.4, -0.2) is 47.3 Å². The van der Waals surface area contributed by atoms with E-state index in [1.165, 1.54) is 0 Å². The van der Waals surface area contributed by atoms with E-state index in [9.17, 15) is 9.59 Å². The summed E-state index contributed by atoms with van der Waals surface area (Å²) in [6.45, 7) is 3.40. The summed E-state index contributed by atoms with van der Waals surface area (Å²) in [4.78, 5) is 34.2. The van der Waals surface area contributed by atoms with Gasteiger partial charge in [-0.2, -0.15) is 0 Å². The molecule has 1 fully saturated rings. The van der Waals surface area contributed by atoms with Gasteiger partial charge in [-0.15, -0.1) is 0 Å². The Morgan fingerprint density at radius 1 is 1.08 bits per heavy atom. The topological polar surface area (TPSA) is 91.0 Å². The van der Waals surface area contributed by atoms with Crippen molar-refractivity contribution >= 4 is 35.2 Å². The van der Waals surface area contributed by atoms with Crippen molar-refractivity contribution in [1.82, 2.24) is 9.80 Å². The van der Waals surface area contributed by atoms with Gasteiger partial charge in [-0.05, 0) is 66.3 Å². The third kappa shape index (κ3) is 4.66. The first-order valence-electron chi connectivity index (χ1n) is 12.0. The molecule has 2 atom stereocenters. The number of halogens is 1. The smallest absolute Gasteiger partial charge is 0.321 e. The molecule has 1 unspecified atom stereocenters. The Kier molecular flexibility index (Phi) is 6.41. The molecular formula is C28H28ClN5O2. The third-order valence-corrected chi connectivity index (χ3v) is 7.13. The summed E-state index contributed by atoms with van der Waals surface area (Å²) in [7, 11) is 0. The summed E-state index contributed by atoms with van der Waals surface area (Å²) >= 11 is 6.17. The van der Waals surface area contributed by atoms with Crippen molar-refractivity contribution in [2.24, 2.45) is 16.6 Å². The van der Waals surface area contributed by atoms with Crippen LogP contribution in [0.3, 0.4) is 0 Å². The number of likely N-dealkylation sites (tertiary alicyclic amines) is 1. The number of amides is 3. The zero-order chi connectivity index (χ0) is 25.3. The van der Waals surface area contributed by atoms with Gasteiger partial charge in [0.15, 0.2) is 11.5 Å². The summed E-state index contributed by atoms with van der Waals surface area (Å²) in [6.07, 6.45) is 0.792. The van der Waals surface area contributed by atoms with Crippen LogP contribution in [0.1, 0.15) is 18.9 Å². The first-order valence-corrected chi connectivity index (χ1v) is 12.4. The lowest BCUT2D eigenvalue weighted by Gasteiger charge is -2.25. The number of carbonyl (C=O) groups is 2. The Hall–Kier alpha value is -3.84. The predicted molar refractivity (Wildman–Crippen MR) is 143 cm³/mol. The maximum Gasteiger partial charge on any atom is 0.321 e. The Bertz CT molecular complexity index is 1330. The second-order valence-electron chi connectivity index (χ2n) is 9.45. The summed E-state index contributed by atoms with van der Waals surface area (Å²) < 4.78 is 0. The second-order valence-corrected chi connectivity index (χ2v) is 9.88. The number of guanidine groups is 1. The monoisotopic (exact) mass is 501 g/mol. The molecule has 7 nitrogen and oxygen atoms in total. The van der Waals surface area contributed by atoms with Crippen LogP contribution in [0, 0.1) is 5.92 Å². The van der Waals surface area contributed by atoms with Crippen LogP contribution in [0.4, 0.5) is 10.5 Å². The number of urea groups is 1. The Balaban J connectivity index is 1.27. The molecule has 0 radical (unpaired) electrons. The zero-order valence-corrected chi connectivity index (χ0v) is 20.8. The number of rotatable bonds is 5. The number of aliphatic imine (C=N–C) groups is 1. The van der Waals surface area contributed by atoms with E-state index >= 15 is 0 Å². The molecule has 0 spiro atoms. The van der Waals surface area contributed by atoms with Gasteiger partial charge < -0.3 is 16.0 Å². The molecular weight excluding hydrogens is 474 g/mol. The number of nitrogens with one attached hydrogen (secondary N) is 1. The fourth-order valence-electron chi connectivity index (χ4n) is 4.89. The van der Waals surface area contributed by atoms with E-state index in [4.69, 9.17) is 17.3 Å². The molecule has 3 N–H and O–H groups in total. The van der Waals surface area contributed by atoms with Gasteiger partial charge in [-0.3, -0.25) is 9.69 Å². The lowest BCUT2D eigenvalue weighted by atomic mass is 9.89. The molecule has 0 aliphatic carbocycles. The lowest BCUT2D eigenvalue weighted by Crippen LogP contribution is -2.45. The predicted octanol–water partition coefficient (Wildman–Crippen LogP) is 4.93. The van der Waals surface area contributed by atoms with Gasteiger partial charge in [0.1, 0.15) is 0 Å². The highest BCUT2D eigenvalue weighted by molar-refractivity contribution is 6.30. The fourth-order valence-corrected chi connectivity index (χ4v) is 5.08. The van der Waals surface area contributed by atoms with Crippen LogP contribution in [0.25, 0.3) is 11.1 Å². The van der Waals surface area contributed by atoms with Crippen LogP contribution in [0.2, 0.25) is 5.02 Å². The Labute approximate surface area is 215 Å². The largest absolute Gasteiger partial charge is 0.369 e. The molecule has 8 heteroatoms. The van der Waals surface area contributed by atoms with Gasteiger partial charge in [-0.1, -0.05) is 60.1 Å². The van der Waals surface area contributed by atoms with E-state index in [1.54, 1.807) is 16.7 Å². The number of carbonyl (C=O) groups excluding carboxylic acids is 2. The van der Waals surface area contributed by atoms with Gasteiger partial charge >= 0.3 is 6.03 Å². The summed E-state index contributed by atoms with van der Waals surface area (Å²) in [6, 6.07) is 24.6. The molecule has 0 bridgehead atoms. The van der Waals surface area contributed by atoms with Gasteiger partial charge in [0.2, 0.25) is 0 Å². The van der Waals surface area contributed by atoms with Crippen LogP contribution < -0.4 is 11.1 Å². The first-order chi connectivity index (χ1) is 17.3. The quantitative estimate of drug-likeness (QED) is 0.519. The number of para-hydroxylation sites is 1. The average Bonchev–Trinajstić information content (AvgIpc) is 3.44. The highest BCUT2D eigenvalue weighted by Gasteiger charge is 2.46. The first kappa shape index (κ1) is 23.9. The normalized spacial score (nSPS) is 21.6. The molecule has 1 saturated heterocycles. The maximum atomic E-state index is 13.6. The van der Waals surface area contributed by atoms with Gasteiger partial charge in [0.05, 0.1) is 0 Å². The lowest BCUT2D eigenvalue weighted by molar-refractivity contribution is -0.131. The summed E-state index contributed by atoms with van der Waals surface area (Å²) in [5, 5.41) is 3.57. The van der Waals surface area contributed by atoms with Crippen LogP contribution >= 0.6 is 11.6 Å². The molecule has 3 amide bonds. The molecule has 2 aliphatic heterocycles. The molecule has 3 aromatic carbocycles. The summed E-state index contributed by atoms with van der Waals surface area (Å²) in [5.41, 5.74) is 8.60. The molecule has 3 aromatic rings. The molecule has 2 aliphatic rings. The van der Waals surface area contributed by atoms with Crippen molar-refractivity contribution in [2.75, 3.05) is 25.0 Å². The van der Waals surface area contributed by atoms with Crippen molar-refractivity contribution in [3.8, 4) is 11.1 Å². The van der Waals surface area contributed by atoms with Crippen molar-refractivity contribution in [1.29, 1.82) is 0 Å². The third-order valence-electron chi connectivity index (χ3n) is 6.90. The minimum atomic E-state index is -1.11. The molecule has 184 valence electrons. The number of nitrogens with two attached hydrogens (primary N) is 1. The number of nitrogens with zero attached hydrogens (tertiary/aromatic N) is 3. The van der Waals surface area contributed by atoms with Crippen molar-refractivity contribution < 1.29 is 9.59 Å². The number of benzene rings is 3. The number of anilines is 1. The Morgan fingerprint density at radius 2 is 1.81 bits per heavy atom. The summed E-state index contributed by atoms with van der Waals surface area (Å²) in [5.74, 6) is 0.169. The van der Waals surface area contributed by atoms with E-state index in [-0.39, 0.29) is 23.8 Å². The van der Waals surface area contributed by atoms with Crippen molar-refractivity contribution in [2.45, 2.75) is 18.9 Å². The molecule has 2 heterocycles. The van der Waals surface area contributed by atoms with E-state index in [2.05, 4.69) is 10.3 Å². The SMILES string of the molecule is CC1(c2cccc(-c3cccc(Cl)c3)c2)N=C(N)N(C[C@H]2CCN(C(=O)Nc3ccccc3)C2)C1=O. The fraction of sp³-hybridized carbons (Fsp3) is 0.250. The van der Waals surface area contributed by atoms with E-state index in [0.29, 0.717) is 24.7 Å². The molecule has 5 rings (SSSR count). The van der Waals surface area contributed by atoms with Crippen LogP contribution in [0.5, 0.6) is 0 Å². The minimum absolute atomic E-state index is 0.115. The van der Waals surface area contributed by atoms with Gasteiger partial charge in [0, 0.05) is 30.3 Å². The molecule has 0 saturated carbocycles. The van der Waals surface area contributed by atoms with Crippen molar-refractivity contribution in [3.05, 3.63) is 89.4 Å². The average molecular weight is 502 g/mol. The number of hydrogen-bond acceptors (Lipinski definition) is 4. The van der Waals surface area contributed by atoms with E-state index in [1.807, 2.05) is 78.9 Å². The van der Waals surface area contributed by atoms with Crippen LogP contribution in [-0.2, 0) is 10.3 Å². The highest BCUT2D eigenvalue weighted by atomic mass is 35.5. The Morgan fingerprint density at radius 3 is 2.56 bits per heavy atom. The van der Waals surface area contributed by atoms with Crippen LogP contribution in [0.15, 0.2) is 83.9 Å². The maximum absolute atomic E-state index is 13.6. The zero-order valence-electron chi connectivity index (χ0n) is 20.0. The van der Waals surface area contributed by atoms with E-state index < -0.39 is 5.54 Å². The molecule has 0 aromatic heterocycles. The molecule has 36 heavy (non-hydrogen) atoms. The standard InChI is InChI=1S/C28H28ClN5O2/c1-28(22-9-5-7-20(15-22)21-8-6-10-23(29)16-21)25(35)34(26(30)32-28)18-19-13-14-33(17-19)27(36)31-24-11-3-2-4-12-24/h2-12,15-16,19H,13-14,17-18H2,1H3,(H2,30,32)(H,31,36)/t19-,28?/m0/s1. The highest BCUT2D eigenvalue weighted by Crippen LogP contribution is 2.36. The minimum Gasteiger partial charge on any atom is -0.369 e. The van der Waals surface area contributed by atoms with E-state index in [0.717, 1.165) is 28.8 Å². The number of hydrogen-bond donors (Lipinski definition) is 2. The van der Waals surface area contributed by atoms with Gasteiger partial charge in [-0.25, -0.2) is 9.79 Å². The van der Waals surface area contributed by atoms with Crippen molar-refractivity contribution in [3.63, 3.8) is 0 Å². The van der Waals surface area contributed by atoms with Gasteiger partial charge in [0.25, 0.3) is 5.91 Å². The second kappa shape index (κ2) is 9.66.